The molecule has 2 heterocycles. The summed E-state index contributed by atoms with van der Waals surface area (Å²) in [6, 6.07) is 8.29. The van der Waals surface area contributed by atoms with Crippen LogP contribution in [0, 0.1) is 0 Å². The predicted molar refractivity (Wildman–Crippen MR) is 91.8 cm³/mol. The maximum atomic E-state index is 5.73. The van der Waals surface area contributed by atoms with Crippen molar-refractivity contribution in [1.82, 2.24) is 14.9 Å². The average Bonchev–Trinajstić information content (AvgIpc) is 2.56. The molecule has 0 spiro atoms. The number of hydrogen-bond acceptors (Lipinski definition) is 5. The number of rotatable bonds is 5. The number of hydrogen-bond donors (Lipinski definition) is 0. The van der Waals surface area contributed by atoms with Crippen molar-refractivity contribution in [2.24, 2.45) is 0 Å². The minimum atomic E-state index is 0.695. The molecule has 5 heteroatoms. The molecule has 0 saturated heterocycles. The van der Waals surface area contributed by atoms with E-state index in [4.69, 9.17) is 4.74 Å². The summed E-state index contributed by atoms with van der Waals surface area (Å²) in [5, 5.41) is 0. The van der Waals surface area contributed by atoms with E-state index in [2.05, 4.69) is 27.0 Å². The molecule has 5 nitrogen and oxygen atoms in total. The number of anilines is 1. The van der Waals surface area contributed by atoms with E-state index in [0.29, 0.717) is 6.61 Å². The van der Waals surface area contributed by atoms with E-state index in [1.54, 1.807) is 0 Å². The molecule has 0 fully saturated rings. The Morgan fingerprint density at radius 2 is 2.09 bits per heavy atom. The Labute approximate surface area is 137 Å². The molecule has 3 rings (SSSR count). The number of benzene rings is 1. The third kappa shape index (κ3) is 3.62. The lowest BCUT2D eigenvalue weighted by Gasteiger charge is -2.29. The number of ether oxygens (including phenoxy) is 1. The molecule has 23 heavy (non-hydrogen) atoms. The van der Waals surface area contributed by atoms with Crippen LogP contribution in [0.25, 0.3) is 0 Å². The molecule has 1 aliphatic heterocycles. The third-order valence-corrected chi connectivity index (χ3v) is 4.07. The van der Waals surface area contributed by atoms with E-state index in [1.165, 1.54) is 16.8 Å². The molecule has 0 atom stereocenters. The molecular formula is C18H24N4O. The lowest BCUT2D eigenvalue weighted by atomic mass is 10.1. The first-order valence-electron chi connectivity index (χ1n) is 8.12. The largest absolute Gasteiger partial charge is 0.494 e. The van der Waals surface area contributed by atoms with Crippen LogP contribution < -0.4 is 9.64 Å². The van der Waals surface area contributed by atoms with Crippen LogP contribution in [0.5, 0.6) is 5.75 Å². The van der Waals surface area contributed by atoms with E-state index in [1.807, 2.05) is 44.2 Å². The SMILES string of the molecule is CCOc1ccccc1CN1CCc2nc(N(C)C)ncc2C1. The topological polar surface area (TPSA) is 41.5 Å². The third-order valence-electron chi connectivity index (χ3n) is 4.07. The Morgan fingerprint density at radius 1 is 1.26 bits per heavy atom. The lowest BCUT2D eigenvalue weighted by molar-refractivity contribution is 0.237. The Hall–Kier alpha value is -2.14. The van der Waals surface area contributed by atoms with E-state index >= 15 is 0 Å². The predicted octanol–water partition coefficient (Wildman–Crippen LogP) is 2.50. The first kappa shape index (κ1) is 15.7. The van der Waals surface area contributed by atoms with Crippen LogP contribution in [0.1, 0.15) is 23.7 Å². The van der Waals surface area contributed by atoms with Crippen LogP contribution >= 0.6 is 0 Å². The van der Waals surface area contributed by atoms with Gasteiger partial charge in [-0.1, -0.05) is 18.2 Å². The molecule has 0 aliphatic carbocycles. The van der Waals surface area contributed by atoms with Crippen molar-refractivity contribution < 1.29 is 4.74 Å². The quantitative estimate of drug-likeness (QED) is 0.848. The van der Waals surface area contributed by atoms with Crippen molar-refractivity contribution in [3.63, 3.8) is 0 Å². The first-order chi connectivity index (χ1) is 11.2. The maximum absolute atomic E-state index is 5.73. The molecule has 0 saturated carbocycles. The summed E-state index contributed by atoms with van der Waals surface area (Å²) in [6.45, 7) is 5.51. The van der Waals surface area contributed by atoms with Crippen LogP contribution in [-0.4, -0.2) is 42.1 Å². The highest BCUT2D eigenvalue weighted by atomic mass is 16.5. The monoisotopic (exact) mass is 312 g/mol. The van der Waals surface area contributed by atoms with Gasteiger partial charge in [0.05, 0.1) is 12.3 Å². The van der Waals surface area contributed by atoms with Gasteiger partial charge in [0.15, 0.2) is 0 Å². The van der Waals surface area contributed by atoms with Crippen molar-refractivity contribution in [2.45, 2.75) is 26.4 Å². The van der Waals surface area contributed by atoms with Gasteiger partial charge in [0.2, 0.25) is 5.95 Å². The Morgan fingerprint density at radius 3 is 2.87 bits per heavy atom. The Kier molecular flexibility index (Phi) is 4.76. The molecule has 0 amide bonds. The summed E-state index contributed by atoms with van der Waals surface area (Å²) >= 11 is 0. The highest BCUT2D eigenvalue weighted by Gasteiger charge is 2.19. The molecule has 0 N–H and O–H groups in total. The van der Waals surface area contributed by atoms with E-state index in [-0.39, 0.29) is 0 Å². The fourth-order valence-electron chi connectivity index (χ4n) is 2.89. The fraction of sp³-hybridized carbons (Fsp3) is 0.444. The van der Waals surface area contributed by atoms with Crippen molar-refractivity contribution >= 4 is 5.95 Å². The zero-order valence-electron chi connectivity index (χ0n) is 14.1. The summed E-state index contributed by atoms with van der Waals surface area (Å²) in [6.07, 6.45) is 2.94. The summed E-state index contributed by atoms with van der Waals surface area (Å²) in [5.74, 6) is 1.78. The molecular weight excluding hydrogens is 288 g/mol. The Bertz CT molecular complexity index is 672. The Balaban J connectivity index is 1.73. The second-order valence-corrected chi connectivity index (χ2v) is 6.04. The zero-order valence-corrected chi connectivity index (χ0v) is 14.1. The van der Waals surface area contributed by atoms with Crippen molar-refractivity contribution in [2.75, 3.05) is 32.1 Å². The molecule has 1 aliphatic rings. The van der Waals surface area contributed by atoms with E-state index in [0.717, 1.165) is 37.8 Å². The van der Waals surface area contributed by atoms with Crippen LogP contribution in [0.2, 0.25) is 0 Å². The van der Waals surface area contributed by atoms with Gasteiger partial charge in [-0.2, -0.15) is 0 Å². The molecule has 1 aromatic carbocycles. The van der Waals surface area contributed by atoms with Crippen LogP contribution in [0.15, 0.2) is 30.5 Å². The standard InChI is InChI=1S/C18H24N4O/c1-4-23-17-8-6-5-7-14(17)12-22-10-9-16-15(13-22)11-19-18(20-16)21(2)3/h5-8,11H,4,9-10,12-13H2,1-3H3. The van der Waals surface area contributed by atoms with Crippen molar-refractivity contribution in [1.29, 1.82) is 0 Å². The van der Waals surface area contributed by atoms with Crippen molar-refractivity contribution in [3.8, 4) is 5.75 Å². The number of para-hydroxylation sites is 1. The van der Waals surface area contributed by atoms with Gasteiger partial charge in [-0.3, -0.25) is 4.90 Å². The van der Waals surface area contributed by atoms with Gasteiger partial charge >= 0.3 is 0 Å². The zero-order chi connectivity index (χ0) is 16.2. The van der Waals surface area contributed by atoms with Gasteiger partial charge in [0, 0.05) is 57.5 Å². The van der Waals surface area contributed by atoms with Gasteiger partial charge in [0.25, 0.3) is 0 Å². The van der Waals surface area contributed by atoms with E-state index in [9.17, 15) is 0 Å². The van der Waals surface area contributed by atoms with Gasteiger partial charge in [-0.15, -0.1) is 0 Å². The second kappa shape index (κ2) is 6.96. The summed E-state index contributed by atoms with van der Waals surface area (Å²) in [7, 11) is 3.95. The number of fused-ring (bicyclic) bond motifs is 1. The summed E-state index contributed by atoms with van der Waals surface area (Å²) in [5.41, 5.74) is 3.65. The minimum absolute atomic E-state index is 0.695. The number of nitrogens with zero attached hydrogens (tertiary/aromatic N) is 4. The molecule has 0 bridgehead atoms. The van der Waals surface area contributed by atoms with Gasteiger partial charge in [-0.05, 0) is 13.0 Å². The lowest BCUT2D eigenvalue weighted by Crippen LogP contribution is -2.31. The van der Waals surface area contributed by atoms with Crippen LogP contribution in [-0.2, 0) is 19.5 Å². The second-order valence-electron chi connectivity index (χ2n) is 6.04. The highest BCUT2D eigenvalue weighted by molar-refractivity contribution is 5.35. The van der Waals surface area contributed by atoms with Crippen LogP contribution in [0.3, 0.4) is 0 Å². The maximum Gasteiger partial charge on any atom is 0.225 e. The summed E-state index contributed by atoms with van der Waals surface area (Å²) in [4.78, 5) is 13.5. The molecule has 2 aromatic rings. The smallest absolute Gasteiger partial charge is 0.225 e. The van der Waals surface area contributed by atoms with Crippen molar-refractivity contribution in [3.05, 3.63) is 47.3 Å². The minimum Gasteiger partial charge on any atom is -0.494 e. The van der Waals surface area contributed by atoms with E-state index < -0.39 is 0 Å². The van der Waals surface area contributed by atoms with Gasteiger partial charge in [0.1, 0.15) is 5.75 Å². The number of aromatic nitrogens is 2. The molecule has 0 unspecified atom stereocenters. The molecule has 122 valence electrons. The van der Waals surface area contributed by atoms with Crippen LogP contribution in [0.4, 0.5) is 5.95 Å². The summed E-state index contributed by atoms with van der Waals surface area (Å²) < 4.78 is 5.73. The normalized spacial score (nSPS) is 14.4. The van der Waals surface area contributed by atoms with Gasteiger partial charge < -0.3 is 9.64 Å². The highest BCUT2D eigenvalue weighted by Crippen LogP contribution is 2.24. The molecule has 1 aromatic heterocycles. The van der Waals surface area contributed by atoms with Gasteiger partial charge in [-0.25, -0.2) is 9.97 Å². The molecule has 0 radical (unpaired) electrons. The first-order valence-corrected chi connectivity index (χ1v) is 8.12. The fourth-order valence-corrected chi connectivity index (χ4v) is 2.89. The average molecular weight is 312 g/mol.